The number of hydrogen-bond acceptors (Lipinski definition) is 7. The number of para-hydroxylation sites is 1. The van der Waals surface area contributed by atoms with Crippen molar-refractivity contribution in [1.82, 2.24) is 15.0 Å². The number of nitrogens with one attached hydrogen (secondary N) is 1. The summed E-state index contributed by atoms with van der Waals surface area (Å²) in [5.74, 6) is 0.543. The molecule has 0 aliphatic heterocycles. The van der Waals surface area contributed by atoms with Crippen molar-refractivity contribution in [2.75, 3.05) is 11.9 Å². The van der Waals surface area contributed by atoms with Crippen molar-refractivity contribution in [2.24, 2.45) is 0 Å². The first kappa shape index (κ1) is 22.8. The first-order chi connectivity index (χ1) is 17.4. The quantitative estimate of drug-likeness (QED) is 0.238. The van der Waals surface area contributed by atoms with Crippen LogP contribution in [0.3, 0.4) is 0 Å². The van der Waals surface area contributed by atoms with Gasteiger partial charge < -0.3 is 14.5 Å². The summed E-state index contributed by atoms with van der Waals surface area (Å²) in [6.07, 6.45) is 0. The highest BCUT2D eigenvalue weighted by atomic mass is 16.6. The summed E-state index contributed by atoms with van der Waals surface area (Å²) in [6.45, 7) is 4.36. The Balaban J connectivity index is 1.38. The molecule has 1 amide bonds. The molecule has 0 saturated heterocycles. The highest BCUT2D eigenvalue weighted by Gasteiger charge is 2.20. The van der Waals surface area contributed by atoms with Crippen LogP contribution in [0.1, 0.15) is 23.0 Å². The number of fused-ring (bicyclic) bond motifs is 1. The van der Waals surface area contributed by atoms with E-state index < -0.39 is 10.8 Å². The molecule has 1 N–H and O–H groups in total. The van der Waals surface area contributed by atoms with Crippen LogP contribution in [0, 0.1) is 17.0 Å². The molecule has 0 fully saturated rings. The molecule has 2 heterocycles. The summed E-state index contributed by atoms with van der Waals surface area (Å²) in [5, 5.41) is 23.2. The minimum absolute atomic E-state index is 0.0284. The number of carbonyl (C=O) groups is 1. The van der Waals surface area contributed by atoms with Crippen molar-refractivity contribution < 1.29 is 18.9 Å². The standard InChI is InChI=1S/C26H21N5O5/c1-3-35-18-10-8-17(9-11-18)30-28-21-14-16(2)20(15-22(21)29-30)27-26(32)25-13-12-24(36-25)19-6-4-5-7-23(19)31(33)34/h4-15H,3H2,1-2H3,(H,27,32). The topological polar surface area (TPSA) is 125 Å². The van der Waals surface area contributed by atoms with Gasteiger partial charge in [0.05, 0.1) is 22.8 Å². The average molecular weight is 483 g/mol. The molecular formula is C26H21N5O5. The minimum atomic E-state index is -0.489. The maximum Gasteiger partial charge on any atom is 0.291 e. The lowest BCUT2D eigenvalue weighted by Crippen LogP contribution is -2.11. The lowest BCUT2D eigenvalue weighted by atomic mass is 10.1. The molecule has 0 saturated carbocycles. The number of aromatic nitrogens is 3. The third-order valence-electron chi connectivity index (χ3n) is 5.55. The van der Waals surface area contributed by atoms with Crippen LogP contribution in [0.25, 0.3) is 28.0 Å². The van der Waals surface area contributed by atoms with Crippen LogP contribution in [0.4, 0.5) is 11.4 Å². The van der Waals surface area contributed by atoms with Gasteiger partial charge in [0, 0.05) is 11.8 Å². The zero-order valence-electron chi connectivity index (χ0n) is 19.5. The number of aryl methyl sites for hydroxylation is 1. The van der Waals surface area contributed by atoms with Crippen LogP contribution in [0.5, 0.6) is 5.75 Å². The predicted octanol–water partition coefficient (Wildman–Crippen LogP) is 5.55. The Morgan fingerprint density at radius 1 is 1.06 bits per heavy atom. The molecule has 0 aliphatic carbocycles. The molecule has 10 nitrogen and oxygen atoms in total. The molecule has 2 aromatic heterocycles. The van der Waals surface area contributed by atoms with Crippen LogP contribution < -0.4 is 10.1 Å². The van der Waals surface area contributed by atoms with Crippen LogP contribution in [-0.2, 0) is 0 Å². The van der Waals surface area contributed by atoms with Gasteiger partial charge in [0.15, 0.2) is 5.76 Å². The SMILES string of the molecule is CCOc1ccc(-n2nc3cc(C)c(NC(=O)c4ccc(-c5ccccc5[N+](=O)[O-])o4)cc3n2)cc1. The van der Waals surface area contributed by atoms with E-state index in [9.17, 15) is 14.9 Å². The molecule has 0 spiro atoms. The van der Waals surface area contributed by atoms with E-state index in [2.05, 4.69) is 15.5 Å². The van der Waals surface area contributed by atoms with E-state index in [0.717, 1.165) is 17.0 Å². The Morgan fingerprint density at radius 3 is 2.50 bits per heavy atom. The van der Waals surface area contributed by atoms with Gasteiger partial charge >= 0.3 is 0 Å². The second kappa shape index (κ2) is 9.34. The zero-order valence-corrected chi connectivity index (χ0v) is 19.5. The van der Waals surface area contributed by atoms with Crippen LogP contribution in [0.2, 0.25) is 0 Å². The summed E-state index contributed by atoms with van der Waals surface area (Å²) in [4.78, 5) is 25.2. The molecule has 0 aliphatic rings. The molecule has 5 rings (SSSR count). The van der Waals surface area contributed by atoms with Gasteiger partial charge in [-0.25, -0.2) is 0 Å². The van der Waals surface area contributed by atoms with E-state index in [0.29, 0.717) is 28.9 Å². The van der Waals surface area contributed by atoms with E-state index in [-0.39, 0.29) is 17.2 Å². The van der Waals surface area contributed by atoms with E-state index in [1.807, 2.05) is 44.2 Å². The normalized spacial score (nSPS) is 10.9. The van der Waals surface area contributed by atoms with Crippen molar-refractivity contribution in [3.05, 3.63) is 94.2 Å². The number of anilines is 1. The smallest absolute Gasteiger partial charge is 0.291 e. The Kier molecular flexibility index (Phi) is 5.91. The third-order valence-corrected chi connectivity index (χ3v) is 5.55. The number of furan rings is 1. The molecule has 10 heteroatoms. The van der Waals surface area contributed by atoms with Crippen molar-refractivity contribution in [3.8, 4) is 22.8 Å². The van der Waals surface area contributed by atoms with Crippen molar-refractivity contribution in [3.63, 3.8) is 0 Å². The fourth-order valence-electron chi connectivity index (χ4n) is 3.79. The number of nitro benzene ring substituents is 1. The molecule has 3 aromatic carbocycles. The molecule has 5 aromatic rings. The van der Waals surface area contributed by atoms with E-state index >= 15 is 0 Å². The second-order valence-electron chi connectivity index (χ2n) is 7.96. The van der Waals surface area contributed by atoms with Gasteiger partial charge in [-0.15, -0.1) is 10.2 Å². The number of ether oxygens (including phenoxy) is 1. The van der Waals surface area contributed by atoms with Crippen molar-refractivity contribution in [1.29, 1.82) is 0 Å². The molecular weight excluding hydrogens is 462 g/mol. The van der Waals surface area contributed by atoms with E-state index in [1.54, 1.807) is 24.3 Å². The fraction of sp³-hybridized carbons (Fsp3) is 0.115. The summed E-state index contributed by atoms with van der Waals surface area (Å²) < 4.78 is 11.1. The lowest BCUT2D eigenvalue weighted by Gasteiger charge is -2.06. The first-order valence-corrected chi connectivity index (χ1v) is 11.2. The first-order valence-electron chi connectivity index (χ1n) is 11.2. The monoisotopic (exact) mass is 483 g/mol. The molecule has 36 heavy (non-hydrogen) atoms. The summed E-state index contributed by atoms with van der Waals surface area (Å²) >= 11 is 0. The van der Waals surface area contributed by atoms with Gasteiger partial charge in [-0.2, -0.15) is 4.80 Å². The Bertz CT molecular complexity index is 1590. The zero-order chi connectivity index (χ0) is 25.2. The predicted molar refractivity (Wildman–Crippen MR) is 134 cm³/mol. The molecule has 0 unspecified atom stereocenters. The number of rotatable bonds is 7. The second-order valence-corrected chi connectivity index (χ2v) is 7.96. The van der Waals surface area contributed by atoms with Crippen LogP contribution >= 0.6 is 0 Å². The van der Waals surface area contributed by atoms with Gasteiger partial charge in [0.25, 0.3) is 11.6 Å². The maximum atomic E-state index is 12.9. The minimum Gasteiger partial charge on any atom is -0.494 e. The van der Waals surface area contributed by atoms with Gasteiger partial charge in [-0.05, 0) is 74.0 Å². The maximum absolute atomic E-state index is 12.9. The third kappa shape index (κ3) is 4.39. The average Bonchev–Trinajstić information content (AvgIpc) is 3.52. The van der Waals surface area contributed by atoms with Crippen LogP contribution in [-0.4, -0.2) is 32.4 Å². The highest BCUT2D eigenvalue weighted by Crippen LogP contribution is 2.31. The Hall–Kier alpha value is -4.99. The number of carbonyl (C=O) groups excluding carboxylic acids is 1. The van der Waals surface area contributed by atoms with Gasteiger partial charge in [0.2, 0.25) is 0 Å². The fourth-order valence-corrected chi connectivity index (χ4v) is 3.79. The molecule has 180 valence electrons. The number of hydrogen-bond donors (Lipinski definition) is 1. The highest BCUT2D eigenvalue weighted by molar-refractivity contribution is 6.04. The van der Waals surface area contributed by atoms with E-state index in [1.165, 1.54) is 23.0 Å². The Labute approximate surface area is 205 Å². The van der Waals surface area contributed by atoms with Gasteiger partial charge in [-0.3, -0.25) is 14.9 Å². The van der Waals surface area contributed by atoms with E-state index in [4.69, 9.17) is 9.15 Å². The largest absolute Gasteiger partial charge is 0.494 e. The van der Waals surface area contributed by atoms with Gasteiger partial charge in [0.1, 0.15) is 22.5 Å². The number of amides is 1. The Morgan fingerprint density at radius 2 is 1.78 bits per heavy atom. The summed E-state index contributed by atoms with van der Waals surface area (Å²) in [7, 11) is 0. The molecule has 0 bridgehead atoms. The van der Waals surface area contributed by atoms with Gasteiger partial charge in [-0.1, -0.05) is 12.1 Å². The number of nitro groups is 1. The van der Waals surface area contributed by atoms with Crippen LogP contribution in [0.15, 0.2) is 77.2 Å². The number of benzene rings is 3. The van der Waals surface area contributed by atoms with Crippen molar-refractivity contribution >= 4 is 28.3 Å². The number of nitrogens with zero attached hydrogens (tertiary/aromatic N) is 4. The molecule has 0 atom stereocenters. The summed E-state index contributed by atoms with van der Waals surface area (Å²) in [6, 6.07) is 20.2. The lowest BCUT2D eigenvalue weighted by molar-refractivity contribution is -0.384. The summed E-state index contributed by atoms with van der Waals surface area (Å²) in [5.41, 5.74) is 3.59. The van der Waals surface area contributed by atoms with Crippen molar-refractivity contribution in [2.45, 2.75) is 13.8 Å². The molecule has 0 radical (unpaired) electrons.